The number of hydrogen-bond acceptors (Lipinski definition) is 8. The molecule has 258 valence electrons. The van der Waals surface area contributed by atoms with Crippen LogP contribution in [-0.4, -0.2) is 61.1 Å². The van der Waals surface area contributed by atoms with Crippen LogP contribution in [0.25, 0.3) is 0 Å². The zero-order chi connectivity index (χ0) is 33.7. The molecule has 0 amide bonds. The fourth-order valence-corrected chi connectivity index (χ4v) is 7.10. The van der Waals surface area contributed by atoms with E-state index in [-0.39, 0.29) is 42.9 Å². The van der Waals surface area contributed by atoms with Crippen molar-refractivity contribution in [1.29, 1.82) is 0 Å². The highest BCUT2D eigenvalue weighted by atomic mass is 16.8. The van der Waals surface area contributed by atoms with Gasteiger partial charge in [-0.25, -0.2) is 4.79 Å². The van der Waals surface area contributed by atoms with Crippen LogP contribution in [0.4, 0.5) is 0 Å². The molecule has 0 bridgehead atoms. The molecule has 48 heavy (non-hydrogen) atoms. The molecule has 0 N–H and O–H groups in total. The molecule has 3 heterocycles. The van der Waals surface area contributed by atoms with Gasteiger partial charge in [-0.05, 0) is 43.9 Å². The van der Waals surface area contributed by atoms with Gasteiger partial charge in [0.25, 0.3) is 0 Å². The van der Waals surface area contributed by atoms with E-state index in [9.17, 15) is 4.79 Å². The van der Waals surface area contributed by atoms with E-state index >= 15 is 0 Å². The molecule has 3 aromatic carbocycles. The van der Waals surface area contributed by atoms with Gasteiger partial charge in [0, 0.05) is 11.5 Å². The van der Waals surface area contributed by atoms with Crippen molar-refractivity contribution in [3.8, 4) is 0 Å². The standard InChI is InChI=1S/C40H50O8/c1-6-17-28(7-2)33(32-26(3)40(4,5)48-32)46-39-36(45-37(41)29-20-13-9-14-21-29)35(42-24-27-18-11-8-12-19-27)34-31(44-39)25-43-38(47-34)30-22-15-10-16-23-30/h8-16,18-23,26,28,31-36,38-39H,6-7,17,24-25H2,1-5H3. The first-order valence-electron chi connectivity index (χ1n) is 17.5. The van der Waals surface area contributed by atoms with Gasteiger partial charge in [-0.1, -0.05) is 112 Å². The molecule has 3 aromatic rings. The van der Waals surface area contributed by atoms with Crippen molar-refractivity contribution in [2.75, 3.05) is 6.61 Å². The molecule has 8 nitrogen and oxygen atoms in total. The van der Waals surface area contributed by atoms with Crippen molar-refractivity contribution >= 4 is 5.97 Å². The van der Waals surface area contributed by atoms with Crippen molar-refractivity contribution in [1.82, 2.24) is 0 Å². The molecule has 3 saturated heterocycles. The second-order valence-electron chi connectivity index (χ2n) is 13.7. The second-order valence-corrected chi connectivity index (χ2v) is 13.7. The van der Waals surface area contributed by atoms with Gasteiger partial charge in [-0.3, -0.25) is 0 Å². The van der Waals surface area contributed by atoms with E-state index in [1.54, 1.807) is 12.1 Å². The summed E-state index contributed by atoms with van der Waals surface area (Å²) >= 11 is 0. The number of rotatable bonds is 13. The Kier molecular flexibility index (Phi) is 11.3. The molecule has 3 aliphatic heterocycles. The molecule has 0 radical (unpaired) electrons. The van der Waals surface area contributed by atoms with Crippen LogP contribution in [-0.2, 0) is 39.8 Å². The molecule has 10 atom stereocenters. The molecule has 0 aliphatic carbocycles. The van der Waals surface area contributed by atoms with Gasteiger partial charge in [0.2, 0.25) is 0 Å². The number of esters is 1. The van der Waals surface area contributed by atoms with Crippen LogP contribution < -0.4 is 0 Å². The Morgan fingerprint density at radius 3 is 2.19 bits per heavy atom. The lowest BCUT2D eigenvalue weighted by Crippen LogP contribution is -2.66. The molecule has 0 saturated carbocycles. The maximum absolute atomic E-state index is 13.8. The van der Waals surface area contributed by atoms with Crippen LogP contribution in [0, 0.1) is 11.8 Å². The van der Waals surface area contributed by atoms with Gasteiger partial charge in [-0.15, -0.1) is 0 Å². The normalized spacial score (nSPS) is 30.8. The fourth-order valence-electron chi connectivity index (χ4n) is 7.10. The lowest BCUT2D eigenvalue weighted by atomic mass is 9.74. The van der Waals surface area contributed by atoms with Crippen LogP contribution in [0.2, 0.25) is 0 Å². The predicted octanol–water partition coefficient (Wildman–Crippen LogP) is 7.66. The highest BCUT2D eigenvalue weighted by Crippen LogP contribution is 2.45. The third-order valence-electron chi connectivity index (χ3n) is 10.2. The maximum atomic E-state index is 13.8. The lowest BCUT2D eigenvalue weighted by Gasteiger charge is -2.55. The Balaban J connectivity index is 1.35. The molecular formula is C40H50O8. The summed E-state index contributed by atoms with van der Waals surface area (Å²) in [4.78, 5) is 13.8. The van der Waals surface area contributed by atoms with Gasteiger partial charge in [-0.2, -0.15) is 0 Å². The largest absolute Gasteiger partial charge is 0.450 e. The summed E-state index contributed by atoms with van der Waals surface area (Å²) in [5, 5.41) is 0. The number of hydrogen-bond donors (Lipinski definition) is 0. The topological polar surface area (TPSA) is 81.7 Å². The molecule has 0 aromatic heterocycles. The van der Waals surface area contributed by atoms with Gasteiger partial charge in [0.05, 0.1) is 36.6 Å². The monoisotopic (exact) mass is 658 g/mol. The first-order valence-corrected chi connectivity index (χ1v) is 17.5. The highest BCUT2D eigenvalue weighted by molar-refractivity contribution is 5.89. The summed E-state index contributed by atoms with van der Waals surface area (Å²) in [5.41, 5.74) is 2.05. The summed E-state index contributed by atoms with van der Waals surface area (Å²) in [6, 6.07) is 28.7. The van der Waals surface area contributed by atoms with Gasteiger partial charge in [0.1, 0.15) is 18.3 Å². The number of ether oxygens (including phenoxy) is 7. The Morgan fingerprint density at radius 1 is 0.896 bits per heavy atom. The minimum atomic E-state index is -0.949. The lowest BCUT2D eigenvalue weighted by molar-refractivity contribution is -0.384. The zero-order valence-electron chi connectivity index (χ0n) is 28.7. The number of fused-ring (bicyclic) bond motifs is 1. The third-order valence-corrected chi connectivity index (χ3v) is 10.2. The van der Waals surface area contributed by atoms with Gasteiger partial charge < -0.3 is 33.2 Å². The van der Waals surface area contributed by atoms with Crippen molar-refractivity contribution in [3.05, 3.63) is 108 Å². The molecule has 8 heteroatoms. The van der Waals surface area contributed by atoms with Crippen LogP contribution in [0.15, 0.2) is 91.0 Å². The minimum absolute atomic E-state index is 0.131. The zero-order valence-corrected chi connectivity index (χ0v) is 28.7. The molecule has 10 unspecified atom stereocenters. The van der Waals surface area contributed by atoms with E-state index in [4.69, 9.17) is 33.2 Å². The van der Waals surface area contributed by atoms with Gasteiger partial charge >= 0.3 is 5.97 Å². The predicted molar refractivity (Wildman–Crippen MR) is 181 cm³/mol. The Hall–Kier alpha value is -3.11. The molecule has 3 aliphatic rings. The van der Waals surface area contributed by atoms with E-state index < -0.39 is 43.0 Å². The van der Waals surface area contributed by atoms with Crippen molar-refractivity contribution < 1.29 is 38.0 Å². The average Bonchev–Trinajstić information content (AvgIpc) is 3.12. The van der Waals surface area contributed by atoms with Crippen LogP contribution in [0.3, 0.4) is 0 Å². The van der Waals surface area contributed by atoms with E-state index in [2.05, 4.69) is 34.6 Å². The minimum Gasteiger partial charge on any atom is -0.450 e. The summed E-state index contributed by atoms with van der Waals surface area (Å²) in [6.45, 7) is 11.4. The van der Waals surface area contributed by atoms with Gasteiger partial charge in [0.15, 0.2) is 18.7 Å². The Labute approximate surface area is 285 Å². The van der Waals surface area contributed by atoms with Crippen LogP contribution >= 0.6 is 0 Å². The molecule has 0 spiro atoms. The van der Waals surface area contributed by atoms with Crippen molar-refractivity contribution in [2.45, 2.75) is 115 Å². The average molecular weight is 659 g/mol. The first kappa shape index (κ1) is 34.7. The number of carbonyl (C=O) groups excluding carboxylic acids is 1. The molecule has 6 rings (SSSR count). The van der Waals surface area contributed by atoms with E-state index in [1.165, 1.54) is 0 Å². The SMILES string of the molecule is CCCC(CC)C(OC1OC2COC(c3ccccc3)OC2C(OCc2ccccc2)C1OC(=O)c1ccccc1)C1OC(C)(C)C1C. The number of benzene rings is 3. The fraction of sp³-hybridized carbons (Fsp3) is 0.525. The van der Waals surface area contributed by atoms with Crippen LogP contribution in [0.5, 0.6) is 0 Å². The summed E-state index contributed by atoms with van der Waals surface area (Å²) < 4.78 is 46.2. The van der Waals surface area contributed by atoms with Crippen molar-refractivity contribution in [2.24, 2.45) is 11.8 Å². The van der Waals surface area contributed by atoms with E-state index in [0.717, 1.165) is 30.4 Å². The smallest absolute Gasteiger partial charge is 0.338 e. The summed E-state index contributed by atoms with van der Waals surface area (Å²) in [6.07, 6.45) is -1.88. The van der Waals surface area contributed by atoms with E-state index in [1.807, 2.05) is 78.9 Å². The highest BCUT2D eigenvalue weighted by Gasteiger charge is 2.56. The van der Waals surface area contributed by atoms with Crippen LogP contribution in [0.1, 0.15) is 81.7 Å². The van der Waals surface area contributed by atoms with E-state index in [0.29, 0.717) is 5.56 Å². The molecular weight excluding hydrogens is 608 g/mol. The maximum Gasteiger partial charge on any atom is 0.338 e. The number of carbonyl (C=O) groups is 1. The summed E-state index contributed by atoms with van der Waals surface area (Å²) in [5.74, 6) is -0.00806. The third kappa shape index (κ3) is 7.70. The molecule has 3 fully saturated rings. The second kappa shape index (κ2) is 15.6. The first-order chi connectivity index (χ1) is 23.3. The quantitative estimate of drug-likeness (QED) is 0.173. The Bertz CT molecular complexity index is 1430. The summed E-state index contributed by atoms with van der Waals surface area (Å²) in [7, 11) is 0. The van der Waals surface area contributed by atoms with Crippen molar-refractivity contribution in [3.63, 3.8) is 0 Å². The Morgan fingerprint density at radius 2 is 1.56 bits per heavy atom.